The van der Waals surface area contributed by atoms with Crippen LogP contribution in [0, 0.1) is 0 Å². The van der Waals surface area contributed by atoms with E-state index in [1.54, 1.807) is 4.90 Å². The molecular formula is C13H23FN2O2. The zero-order valence-corrected chi connectivity index (χ0v) is 11.4. The Balaban J connectivity index is 2.14. The summed E-state index contributed by atoms with van der Waals surface area (Å²) in [6.07, 6.45) is 1.56. The number of carbonyl (C=O) groups excluding carboxylic acids is 1. The van der Waals surface area contributed by atoms with Gasteiger partial charge >= 0.3 is 6.09 Å². The van der Waals surface area contributed by atoms with Gasteiger partial charge in [0.1, 0.15) is 11.8 Å². The molecule has 2 aliphatic rings. The summed E-state index contributed by atoms with van der Waals surface area (Å²) >= 11 is 0. The number of nitrogens with two attached hydrogens (primary N) is 1. The molecule has 4 atom stereocenters. The molecule has 2 saturated heterocycles. The Labute approximate surface area is 108 Å². The van der Waals surface area contributed by atoms with Gasteiger partial charge < -0.3 is 10.5 Å². The molecule has 104 valence electrons. The van der Waals surface area contributed by atoms with E-state index in [1.807, 2.05) is 20.8 Å². The number of fused-ring (bicyclic) bond motifs is 2. The monoisotopic (exact) mass is 258 g/mol. The Hall–Kier alpha value is -0.840. The Morgan fingerprint density at radius 1 is 1.39 bits per heavy atom. The van der Waals surface area contributed by atoms with E-state index in [1.165, 1.54) is 0 Å². The van der Waals surface area contributed by atoms with Crippen molar-refractivity contribution in [2.24, 2.45) is 5.73 Å². The van der Waals surface area contributed by atoms with Gasteiger partial charge in [-0.3, -0.25) is 4.90 Å². The van der Waals surface area contributed by atoms with Crippen LogP contribution < -0.4 is 5.73 Å². The van der Waals surface area contributed by atoms with Crippen LogP contribution >= 0.6 is 0 Å². The minimum atomic E-state index is -1.13. The molecule has 0 saturated carbocycles. The average molecular weight is 258 g/mol. The van der Waals surface area contributed by atoms with Crippen LogP contribution in [0.15, 0.2) is 0 Å². The van der Waals surface area contributed by atoms with E-state index in [-0.39, 0.29) is 6.04 Å². The first kappa shape index (κ1) is 13.6. The Morgan fingerprint density at radius 3 is 2.67 bits per heavy atom. The summed E-state index contributed by atoms with van der Waals surface area (Å²) in [4.78, 5) is 13.8. The molecule has 2 N–H and O–H groups in total. The third-order valence-electron chi connectivity index (χ3n) is 3.71. The van der Waals surface area contributed by atoms with Crippen molar-refractivity contribution in [3.63, 3.8) is 0 Å². The van der Waals surface area contributed by atoms with E-state index in [9.17, 15) is 9.18 Å². The molecule has 0 aromatic carbocycles. The normalized spacial score (nSPS) is 36.4. The highest BCUT2D eigenvalue weighted by atomic mass is 19.1. The number of alkyl halides is 1. The summed E-state index contributed by atoms with van der Waals surface area (Å²) in [6, 6.07) is -0.804. The van der Waals surface area contributed by atoms with Gasteiger partial charge in [-0.05, 0) is 46.5 Å². The predicted octanol–water partition coefficient (Wildman–Crippen LogP) is 2.21. The lowest BCUT2D eigenvalue weighted by atomic mass is 9.81. The van der Waals surface area contributed by atoms with Crippen LogP contribution in [0.4, 0.5) is 9.18 Å². The maximum atomic E-state index is 14.1. The lowest BCUT2D eigenvalue weighted by Gasteiger charge is -2.49. The van der Waals surface area contributed by atoms with Crippen LogP contribution in [0.5, 0.6) is 0 Å². The SMILES string of the molecule is CC(C)(C)OC(=O)N1[C@@H]2CCC[C@H]1[C@H](F)[C@H](N)C2. The molecule has 2 bridgehead atoms. The van der Waals surface area contributed by atoms with Crippen molar-refractivity contribution in [1.82, 2.24) is 4.90 Å². The van der Waals surface area contributed by atoms with Crippen LogP contribution in [0.25, 0.3) is 0 Å². The van der Waals surface area contributed by atoms with Gasteiger partial charge in [-0.2, -0.15) is 0 Å². The smallest absolute Gasteiger partial charge is 0.410 e. The minimum absolute atomic E-state index is 0.0422. The van der Waals surface area contributed by atoms with Crippen molar-refractivity contribution in [2.75, 3.05) is 0 Å². The summed E-state index contributed by atoms with van der Waals surface area (Å²) in [5, 5.41) is 0. The van der Waals surface area contributed by atoms with Gasteiger partial charge in [0.05, 0.1) is 6.04 Å². The van der Waals surface area contributed by atoms with Gasteiger partial charge in [-0.1, -0.05) is 0 Å². The molecule has 0 aromatic rings. The van der Waals surface area contributed by atoms with E-state index in [0.29, 0.717) is 12.8 Å². The Kier molecular flexibility index (Phi) is 3.54. The predicted molar refractivity (Wildman–Crippen MR) is 67.0 cm³/mol. The zero-order valence-electron chi connectivity index (χ0n) is 11.4. The molecule has 1 amide bonds. The van der Waals surface area contributed by atoms with E-state index in [0.717, 1.165) is 12.8 Å². The number of rotatable bonds is 0. The van der Waals surface area contributed by atoms with E-state index in [2.05, 4.69) is 0 Å². The van der Waals surface area contributed by atoms with E-state index < -0.39 is 29.9 Å². The molecule has 0 radical (unpaired) electrons. The average Bonchev–Trinajstić information content (AvgIpc) is 2.23. The molecule has 0 aromatic heterocycles. The van der Waals surface area contributed by atoms with Gasteiger partial charge in [0, 0.05) is 12.1 Å². The highest BCUT2D eigenvalue weighted by Gasteiger charge is 2.47. The van der Waals surface area contributed by atoms with Gasteiger partial charge in [0.25, 0.3) is 0 Å². The van der Waals surface area contributed by atoms with Crippen LogP contribution in [0.3, 0.4) is 0 Å². The first-order chi connectivity index (χ1) is 8.29. The van der Waals surface area contributed by atoms with Crippen molar-refractivity contribution in [3.8, 4) is 0 Å². The Bertz CT molecular complexity index is 329. The minimum Gasteiger partial charge on any atom is -0.444 e. The van der Waals surface area contributed by atoms with Crippen LogP contribution in [-0.4, -0.2) is 40.9 Å². The van der Waals surface area contributed by atoms with E-state index >= 15 is 0 Å². The molecule has 18 heavy (non-hydrogen) atoms. The number of hydrogen-bond donors (Lipinski definition) is 1. The molecule has 2 fully saturated rings. The highest BCUT2D eigenvalue weighted by molar-refractivity contribution is 5.69. The molecule has 2 aliphatic heterocycles. The summed E-state index contributed by atoms with van der Waals surface area (Å²) in [6.45, 7) is 5.47. The van der Waals surface area contributed by atoms with Crippen LogP contribution in [-0.2, 0) is 4.74 Å². The van der Waals surface area contributed by atoms with E-state index in [4.69, 9.17) is 10.5 Å². The van der Waals surface area contributed by atoms with Gasteiger partial charge in [0.15, 0.2) is 0 Å². The molecule has 0 unspecified atom stereocenters. The summed E-state index contributed by atoms with van der Waals surface area (Å²) < 4.78 is 19.5. The number of halogens is 1. The Morgan fingerprint density at radius 2 is 2.06 bits per heavy atom. The standard InChI is InChI=1S/C13H23FN2O2/c1-13(2,3)18-12(17)16-8-5-4-6-10(16)11(14)9(15)7-8/h8-11H,4-7,15H2,1-3H3/t8-,9-,10+,11-/m1/s1. The fourth-order valence-electron chi connectivity index (χ4n) is 2.98. The second kappa shape index (κ2) is 4.68. The highest BCUT2D eigenvalue weighted by Crippen LogP contribution is 2.36. The molecule has 2 rings (SSSR count). The third kappa shape index (κ3) is 2.60. The van der Waals surface area contributed by atoms with Gasteiger partial charge in [-0.25, -0.2) is 9.18 Å². The molecule has 4 nitrogen and oxygen atoms in total. The molecule has 0 aliphatic carbocycles. The number of piperidine rings is 2. The van der Waals surface area contributed by atoms with Gasteiger partial charge in [0.2, 0.25) is 0 Å². The second-order valence-electron chi connectivity index (χ2n) is 6.38. The second-order valence-corrected chi connectivity index (χ2v) is 6.38. The largest absolute Gasteiger partial charge is 0.444 e. The van der Waals surface area contributed by atoms with Crippen LogP contribution in [0.1, 0.15) is 46.5 Å². The topological polar surface area (TPSA) is 55.6 Å². The lowest BCUT2D eigenvalue weighted by molar-refractivity contribution is -0.0461. The number of carbonyl (C=O) groups is 1. The van der Waals surface area contributed by atoms with Crippen molar-refractivity contribution in [1.29, 1.82) is 0 Å². The number of ether oxygens (including phenoxy) is 1. The fraction of sp³-hybridized carbons (Fsp3) is 0.923. The third-order valence-corrected chi connectivity index (χ3v) is 3.71. The lowest BCUT2D eigenvalue weighted by Crippen LogP contribution is -2.64. The number of amides is 1. The summed E-state index contributed by atoms with van der Waals surface area (Å²) in [5.41, 5.74) is 5.26. The maximum absolute atomic E-state index is 14.1. The van der Waals surface area contributed by atoms with Crippen molar-refractivity contribution in [2.45, 2.75) is 76.4 Å². The molecule has 0 spiro atoms. The summed E-state index contributed by atoms with van der Waals surface area (Å²) in [5.74, 6) is 0. The quantitative estimate of drug-likeness (QED) is 0.724. The first-order valence-electron chi connectivity index (χ1n) is 6.70. The first-order valence-corrected chi connectivity index (χ1v) is 6.70. The fourth-order valence-corrected chi connectivity index (χ4v) is 2.98. The van der Waals surface area contributed by atoms with Gasteiger partial charge in [-0.15, -0.1) is 0 Å². The van der Waals surface area contributed by atoms with Crippen LogP contribution in [0.2, 0.25) is 0 Å². The van der Waals surface area contributed by atoms with Crippen molar-refractivity contribution in [3.05, 3.63) is 0 Å². The molecule has 5 heteroatoms. The molecular weight excluding hydrogens is 235 g/mol. The maximum Gasteiger partial charge on any atom is 0.410 e. The number of nitrogens with zero attached hydrogens (tertiary/aromatic N) is 1. The van der Waals surface area contributed by atoms with Crippen molar-refractivity contribution >= 4 is 6.09 Å². The zero-order chi connectivity index (χ0) is 13.5. The summed E-state index contributed by atoms with van der Waals surface area (Å²) in [7, 11) is 0. The number of hydrogen-bond acceptors (Lipinski definition) is 3. The van der Waals surface area contributed by atoms with Crippen molar-refractivity contribution < 1.29 is 13.9 Å². The molecule has 2 heterocycles.